The molecule has 2 heterocycles. The molecule has 5 nitrogen and oxygen atoms in total. The zero-order chi connectivity index (χ0) is 14.8. The van der Waals surface area contributed by atoms with Gasteiger partial charge in [-0.3, -0.25) is 4.79 Å². The first-order valence-corrected chi connectivity index (χ1v) is 7.40. The number of anilines is 1. The molecule has 1 atom stereocenters. The molecule has 21 heavy (non-hydrogen) atoms. The van der Waals surface area contributed by atoms with Gasteiger partial charge in [0, 0.05) is 38.0 Å². The van der Waals surface area contributed by atoms with Crippen molar-refractivity contribution in [1.29, 1.82) is 0 Å². The molecule has 0 saturated heterocycles. The fraction of sp³-hybridized carbons (Fsp3) is 0.438. The molecule has 0 aromatic carbocycles. The van der Waals surface area contributed by atoms with Gasteiger partial charge >= 0.3 is 0 Å². The maximum atomic E-state index is 12.3. The maximum absolute atomic E-state index is 12.3. The Hall–Kier alpha value is -2.17. The molecule has 0 saturated carbocycles. The molecule has 1 aliphatic rings. The van der Waals surface area contributed by atoms with Gasteiger partial charge in [0.05, 0.1) is 17.5 Å². The molecule has 0 fully saturated rings. The van der Waals surface area contributed by atoms with Crippen LogP contribution in [0.2, 0.25) is 0 Å². The number of fused-ring (bicyclic) bond motifs is 1. The monoisotopic (exact) mass is 285 g/mol. The maximum Gasteiger partial charge on any atom is 0.225 e. The van der Waals surface area contributed by atoms with E-state index in [4.69, 9.17) is 4.42 Å². The van der Waals surface area contributed by atoms with Crippen molar-refractivity contribution < 1.29 is 9.21 Å². The summed E-state index contributed by atoms with van der Waals surface area (Å²) < 4.78 is 5.45. The Morgan fingerprint density at radius 1 is 1.33 bits per heavy atom. The second-order valence-corrected chi connectivity index (χ2v) is 5.25. The molecule has 5 heteroatoms. The van der Waals surface area contributed by atoms with Gasteiger partial charge in [0.25, 0.3) is 0 Å². The molecule has 0 amide bonds. The van der Waals surface area contributed by atoms with Crippen LogP contribution in [0.4, 0.5) is 5.95 Å². The summed E-state index contributed by atoms with van der Waals surface area (Å²) in [6.07, 6.45) is 4.52. The van der Waals surface area contributed by atoms with Crippen LogP contribution in [0.1, 0.15) is 48.0 Å². The molecule has 3 rings (SSSR count). The fourth-order valence-corrected chi connectivity index (χ4v) is 2.82. The number of Topliss-reactive ketones (excluding diaryl/α,β-unsaturated/α-hetero) is 1. The van der Waals surface area contributed by atoms with Crippen LogP contribution in [0, 0.1) is 0 Å². The summed E-state index contributed by atoms with van der Waals surface area (Å²) >= 11 is 0. The Labute approximate surface area is 124 Å². The molecule has 2 aromatic heterocycles. The normalized spacial score (nSPS) is 17.6. The van der Waals surface area contributed by atoms with Gasteiger partial charge in [0.15, 0.2) is 5.78 Å². The van der Waals surface area contributed by atoms with E-state index < -0.39 is 0 Å². The Morgan fingerprint density at radius 2 is 2.14 bits per heavy atom. The summed E-state index contributed by atoms with van der Waals surface area (Å²) in [5.41, 5.74) is 1.50. The third-order valence-corrected chi connectivity index (χ3v) is 4.02. The Morgan fingerprint density at radius 3 is 2.81 bits per heavy atom. The number of ketones is 1. The van der Waals surface area contributed by atoms with Crippen LogP contribution in [0.3, 0.4) is 0 Å². The number of carbonyl (C=O) groups excluding carboxylic acids is 1. The molecule has 0 unspecified atom stereocenters. The van der Waals surface area contributed by atoms with Crippen molar-refractivity contribution >= 4 is 11.7 Å². The van der Waals surface area contributed by atoms with Crippen LogP contribution in [-0.4, -0.2) is 28.8 Å². The van der Waals surface area contributed by atoms with Crippen molar-refractivity contribution in [3.63, 3.8) is 0 Å². The van der Waals surface area contributed by atoms with Crippen LogP contribution in [-0.2, 0) is 6.42 Å². The first-order valence-electron chi connectivity index (χ1n) is 7.40. The number of furan rings is 1. The van der Waals surface area contributed by atoms with E-state index in [2.05, 4.69) is 28.7 Å². The van der Waals surface area contributed by atoms with Crippen LogP contribution < -0.4 is 4.90 Å². The van der Waals surface area contributed by atoms with Gasteiger partial charge in [-0.05, 0) is 26.0 Å². The quantitative estimate of drug-likeness (QED) is 0.864. The minimum Gasteiger partial charge on any atom is -0.469 e. The predicted molar refractivity (Wildman–Crippen MR) is 79.7 cm³/mol. The average Bonchev–Trinajstić information content (AvgIpc) is 3.02. The van der Waals surface area contributed by atoms with Crippen LogP contribution in [0.25, 0.3) is 0 Å². The number of aromatic nitrogens is 2. The number of rotatable bonds is 4. The van der Waals surface area contributed by atoms with E-state index in [0.29, 0.717) is 17.9 Å². The highest BCUT2D eigenvalue weighted by Gasteiger charge is 2.29. The van der Waals surface area contributed by atoms with E-state index in [1.807, 2.05) is 12.1 Å². The van der Waals surface area contributed by atoms with Gasteiger partial charge in [-0.1, -0.05) is 0 Å². The summed E-state index contributed by atoms with van der Waals surface area (Å²) in [4.78, 5) is 23.3. The summed E-state index contributed by atoms with van der Waals surface area (Å²) in [6.45, 7) is 5.85. The van der Waals surface area contributed by atoms with Crippen molar-refractivity contribution in [1.82, 2.24) is 9.97 Å². The van der Waals surface area contributed by atoms with E-state index >= 15 is 0 Å². The lowest BCUT2D eigenvalue weighted by atomic mass is 9.85. The van der Waals surface area contributed by atoms with Crippen molar-refractivity contribution in [2.75, 3.05) is 18.0 Å². The summed E-state index contributed by atoms with van der Waals surface area (Å²) in [6, 6.07) is 3.78. The fourth-order valence-electron chi connectivity index (χ4n) is 2.82. The lowest BCUT2D eigenvalue weighted by Crippen LogP contribution is -2.27. The summed E-state index contributed by atoms with van der Waals surface area (Å²) in [5, 5.41) is 0. The minimum atomic E-state index is 0.0828. The summed E-state index contributed by atoms with van der Waals surface area (Å²) in [5.74, 6) is 1.74. The third kappa shape index (κ3) is 2.55. The topological polar surface area (TPSA) is 59.2 Å². The van der Waals surface area contributed by atoms with Crippen LogP contribution in [0.5, 0.6) is 0 Å². The lowest BCUT2D eigenvalue weighted by Gasteiger charge is -2.24. The molecule has 0 aliphatic heterocycles. The van der Waals surface area contributed by atoms with E-state index in [1.165, 1.54) is 0 Å². The first-order chi connectivity index (χ1) is 10.2. The second-order valence-electron chi connectivity index (χ2n) is 5.25. The van der Waals surface area contributed by atoms with E-state index in [-0.39, 0.29) is 11.7 Å². The largest absolute Gasteiger partial charge is 0.469 e. The average molecular weight is 285 g/mol. The first kappa shape index (κ1) is 13.8. The van der Waals surface area contributed by atoms with Crippen LogP contribution in [0.15, 0.2) is 29.0 Å². The van der Waals surface area contributed by atoms with Gasteiger partial charge in [-0.25, -0.2) is 9.97 Å². The van der Waals surface area contributed by atoms with Gasteiger partial charge in [0.2, 0.25) is 5.95 Å². The van der Waals surface area contributed by atoms with Crippen LogP contribution >= 0.6 is 0 Å². The van der Waals surface area contributed by atoms with Crippen molar-refractivity contribution in [3.05, 3.63) is 41.6 Å². The molecule has 0 radical (unpaired) electrons. The molecule has 1 aliphatic carbocycles. The van der Waals surface area contributed by atoms with Crippen molar-refractivity contribution in [3.8, 4) is 0 Å². The Balaban J connectivity index is 1.93. The van der Waals surface area contributed by atoms with Crippen molar-refractivity contribution in [2.45, 2.75) is 32.6 Å². The zero-order valence-corrected chi connectivity index (χ0v) is 12.4. The van der Waals surface area contributed by atoms with E-state index in [0.717, 1.165) is 31.0 Å². The molecule has 0 bridgehead atoms. The SMILES string of the molecule is CCN(CC)c1ncc2c(n1)C[C@@H](c1ccco1)CC2=O. The van der Waals surface area contributed by atoms with Gasteiger partial charge in [-0.15, -0.1) is 0 Å². The second kappa shape index (κ2) is 5.68. The smallest absolute Gasteiger partial charge is 0.225 e. The standard InChI is InChI=1S/C16H19N3O2/c1-3-19(4-2)16-17-10-12-13(18-16)8-11(9-14(12)20)15-6-5-7-21-15/h5-7,10-11H,3-4,8-9H2,1-2H3/t11-/m1/s1. The highest BCUT2D eigenvalue weighted by molar-refractivity contribution is 5.98. The molecule has 2 aromatic rings. The lowest BCUT2D eigenvalue weighted by molar-refractivity contribution is 0.0958. The Kier molecular flexibility index (Phi) is 3.73. The number of nitrogens with zero attached hydrogens (tertiary/aromatic N) is 3. The van der Waals surface area contributed by atoms with E-state index in [1.54, 1.807) is 12.5 Å². The van der Waals surface area contributed by atoms with E-state index in [9.17, 15) is 4.79 Å². The molecular formula is C16H19N3O2. The van der Waals surface area contributed by atoms with Gasteiger partial charge in [0.1, 0.15) is 5.76 Å². The number of hydrogen-bond acceptors (Lipinski definition) is 5. The molecular weight excluding hydrogens is 266 g/mol. The number of hydrogen-bond donors (Lipinski definition) is 0. The Bertz CT molecular complexity index is 633. The van der Waals surface area contributed by atoms with Crippen molar-refractivity contribution in [2.24, 2.45) is 0 Å². The highest BCUT2D eigenvalue weighted by atomic mass is 16.3. The van der Waals surface area contributed by atoms with Gasteiger partial charge < -0.3 is 9.32 Å². The molecule has 0 N–H and O–H groups in total. The highest BCUT2D eigenvalue weighted by Crippen LogP contribution is 2.32. The number of carbonyl (C=O) groups is 1. The molecule has 110 valence electrons. The third-order valence-electron chi connectivity index (χ3n) is 4.02. The zero-order valence-electron chi connectivity index (χ0n) is 12.4. The summed E-state index contributed by atoms with van der Waals surface area (Å²) in [7, 11) is 0. The van der Waals surface area contributed by atoms with Gasteiger partial charge in [-0.2, -0.15) is 0 Å². The minimum absolute atomic E-state index is 0.0828. The predicted octanol–water partition coefficient (Wildman–Crippen LogP) is 2.83. The molecule has 0 spiro atoms.